The number of hydrogen-bond acceptors (Lipinski definition) is 4. The van der Waals surface area contributed by atoms with E-state index in [2.05, 4.69) is 46.6 Å². The molecule has 2 unspecified atom stereocenters. The van der Waals surface area contributed by atoms with Crippen LogP contribution < -0.4 is 10.6 Å². The molecule has 2 aromatic heterocycles. The Morgan fingerprint density at radius 3 is 2.60 bits per heavy atom. The van der Waals surface area contributed by atoms with E-state index in [1.165, 1.54) is 5.56 Å². The molecule has 0 aliphatic heterocycles. The van der Waals surface area contributed by atoms with Gasteiger partial charge in [0.15, 0.2) is 5.96 Å². The number of guanidine groups is 1. The zero-order valence-corrected chi connectivity index (χ0v) is 18.1. The van der Waals surface area contributed by atoms with Crippen molar-refractivity contribution < 1.29 is 4.42 Å². The molecule has 2 N–H and O–H groups in total. The van der Waals surface area contributed by atoms with Gasteiger partial charge < -0.3 is 20.0 Å². The van der Waals surface area contributed by atoms with Gasteiger partial charge in [0.1, 0.15) is 11.5 Å². The summed E-state index contributed by atoms with van der Waals surface area (Å²) >= 11 is 0. The molecule has 0 bridgehead atoms. The first-order chi connectivity index (χ1) is 11.4. The molecule has 0 saturated heterocycles. The van der Waals surface area contributed by atoms with Gasteiger partial charge in [-0.25, -0.2) is 0 Å². The van der Waals surface area contributed by atoms with Crippen molar-refractivity contribution in [1.82, 2.24) is 25.3 Å². The van der Waals surface area contributed by atoms with Crippen LogP contribution in [-0.2, 0) is 7.05 Å². The van der Waals surface area contributed by atoms with Crippen molar-refractivity contribution in [3.8, 4) is 0 Å². The maximum atomic E-state index is 5.66. The van der Waals surface area contributed by atoms with Gasteiger partial charge in [0, 0.05) is 32.4 Å². The summed E-state index contributed by atoms with van der Waals surface area (Å²) in [5.74, 6) is 2.55. The number of aliphatic imine (C=N–C) groups is 1. The normalized spacial score (nSPS) is 14.1. The Balaban J connectivity index is 0.00000312. The highest BCUT2D eigenvalue weighted by Gasteiger charge is 2.17. The highest BCUT2D eigenvalue weighted by molar-refractivity contribution is 14.0. The second kappa shape index (κ2) is 9.81. The molecule has 0 aliphatic carbocycles. The van der Waals surface area contributed by atoms with Gasteiger partial charge in [0.05, 0.1) is 18.3 Å². The highest BCUT2D eigenvalue weighted by atomic mass is 127. The standard InChI is InChI=1S/C17H28N6O.HI/c1-12-7-8-16(24-12)13(2)21-17(18-3)19-10-15(22(4)5)14-9-20-23(6)11-14;/h7-9,11,13,15H,10H2,1-6H3,(H2,18,19,21);1H. The Kier molecular flexibility index (Phi) is 8.43. The summed E-state index contributed by atoms with van der Waals surface area (Å²) in [5.41, 5.74) is 1.17. The molecule has 7 nitrogen and oxygen atoms in total. The van der Waals surface area contributed by atoms with E-state index in [1.54, 1.807) is 7.05 Å². The van der Waals surface area contributed by atoms with Gasteiger partial charge in [-0.05, 0) is 40.1 Å². The van der Waals surface area contributed by atoms with Crippen molar-refractivity contribution in [3.05, 3.63) is 41.6 Å². The van der Waals surface area contributed by atoms with Gasteiger partial charge in [-0.1, -0.05) is 0 Å². The fourth-order valence-corrected chi connectivity index (χ4v) is 2.56. The first-order valence-electron chi connectivity index (χ1n) is 8.09. The summed E-state index contributed by atoms with van der Waals surface area (Å²) in [6, 6.07) is 4.20. The number of likely N-dealkylation sites (N-methyl/N-ethyl adjacent to an activating group) is 1. The van der Waals surface area contributed by atoms with Gasteiger partial charge in [0.25, 0.3) is 0 Å². The van der Waals surface area contributed by atoms with E-state index in [4.69, 9.17) is 4.42 Å². The lowest BCUT2D eigenvalue weighted by molar-refractivity contribution is 0.297. The third-order valence-corrected chi connectivity index (χ3v) is 3.96. The third-order valence-electron chi connectivity index (χ3n) is 3.96. The van der Waals surface area contributed by atoms with Crippen LogP contribution in [0.4, 0.5) is 0 Å². The lowest BCUT2D eigenvalue weighted by Crippen LogP contribution is -2.42. The molecule has 2 rings (SSSR count). The van der Waals surface area contributed by atoms with E-state index in [1.807, 2.05) is 43.2 Å². The van der Waals surface area contributed by atoms with Crippen LogP contribution in [0.3, 0.4) is 0 Å². The van der Waals surface area contributed by atoms with Crippen molar-refractivity contribution in [2.24, 2.45) is 12.0 Å². The number of aromatic nitrogens is 2. The quantitative estimate of drug-likeness (QED) is 0.394. The fourth-order valence-electron chi connectivity index (χ4n) is 2.56. The molecule has 8 heteroatoms. The summed E-state index contributed by atoms with van der Waals surface area (Å²) in [6.45, 7) is 4.72. The molecule has 0 spiro atoms. The number of furan rings is 1. The summed E-state index contributed by atoms with van der Waals surface area (Å²) in [7, 11) is 7.81. The zero-order chi connectivity index (χ0) is 17.7. The Hall–Kier alpha value is -1.55. The minimum atomic E-state index is 0. The largest absolute Gasteiger partial charge is 0.464 e. The Morgan fingerprint density at radius 2 is 2.12 bits per heavy atom. The average Bonchev–Trinajstić information content (AvgIpc) is 3.14. The van der Waals surface area contributed by atoms with Crippen LogP contribution in [0, 0.1) is 6.92 Å². The Bertz CT molecular complexity index is 678. The van der Waals surface area contributed by atoms with Crippen molar-refractivity contribution in [2.45, 2.75) is 25.9 Å². The number of hydrogen-bond donors (Lipinski definition) is 2. The molecule has 140 valence electrons. The van der Waals surface area contributed by atoms with Gasteiger partial charge >= 0.3 is 0 Å². The van der Waals surface area contributed by atoms with E-state index in [0.717, 1.165) is 24.0 Å². The van der Waals surface area contributed by atoms with Crippen LogP contribution in [0.2, 0.25) is 0 Å². The van der Waals surface area contributed by atoms with Crippen LogP contribution in [-0.4, -0.2) is 48.3 Å². The monoisotopic (exact) mass is 460 g/mol. The first kappa shape index (κ1) is 21.5. The molecule has 25 heavy (non-hydrogen) atoms. The Morgan fingerprint density at radius 1 is 1.40 bits per heavy atom. The topological polar surface area (TPSA) is 70.6 Å². The molecule has 2 atom stereocenters. The third kappa shape index (κ3) is 6.03. The molecule has 0 amide bonds. The van der Waals surface area contributed by atoms with E-state index in [9.17, 15) is 0 Å². The SMILES string of the molecule is CN=C(NCC(c1cnn(C)c1)N(C)C)NC(C)c1ccc(C)o1.I. The zero-order valence-electron chi connectivity index (χ0n) is 15.8. The summed E-state index contributed by atoms with van der Waals surface area (Å²) < 4.78 is 7.48. The number of nitrogens with zero attached hydrogens (tertiary/aromatic N) is 4. The Labute approximate surface area is 166 Å². The first-order valence-corrected chi connectivity index (χ1v) is 8.09. The van der Waals surface area contributed by atoms with Crippen LogP contribution >= 0.6 is 24.0 Å². The summed E-state index contributed by atoms with van der Waals surface area (Å²) in [4.78, 5) is 6.47. The van der Waals surface area contributed by atoms with Crippen LogP contribution in [0.5, 0.6) is 0 Å². The second-order valence-electron chi connectivity index (χ2n) is 6.19. The minimum Gasteiger partial charge on any atom is -0.464 e. The molecule has 0 radical (unpaired) electrons. The van der Waals surface area contributed by atoms with E-state index in [0.29, 0.717) is 0 Å². The minimum absolute atomic E-state index is 0. The van der Waals surface area contributed by atoms with Crippen molar-refractivity contribution in [3.63, 3.8) is 0 Å². The van der Waals surface area contributed by atoms with Crippen LogP contribution in [0.25, 0.3) is 0 Å². The van der Waals surface area contributed by atoms with Gasteiger partial charge in [0.2, 0.25) is 0 Å². The van der Waals surface area contributed by atoms with Crippen molar-refractivity contribution in [2.75, 3.05) is 27.7 Å². The van der Waals surface area contributed by atoms with E-state index < -0.39 is 0 Å². The van der Waals surface area contributed by atoms with E-state index >= 15 is 0 Å². The lowest BCUT2D eigenvalue weighted by Gasteiger charge is -2.25. The molecular weight excluding hydrogens is 431 g/mol. The number of rotatable bonds is 6. The van der Waals surface area contributed by atoms with Gasteiger partial charge in [-0.2, -0.15) is 5.10 Å². The molecule has 2 heterocycles. The van der Waals surface area contributed by atoms with Crippen molar-refractivity contribution in [1.29, 1.82) is 0 Å². The predicted molar refractivity (Wildman–Crippen MR) is 111 cm³/mol. The number of halogens is 1. The van der Waals surface area contributed by atoms with E-state index in [-0.39, 0.29) is 36.1 Å². The van der Waals surface area contributed by atoms with Crippen LogP contribution in [0.15, 0.2) is 33.9 Å². The van der Waals surface area contributed by atoms with Crippen LogP contribution in [0.1, 0.15) is 36.1 Å². The lowest BCUT2D eigenvalue weighted by atomic mass is 10.1. The van der Waals surface area contributed by atoms with Crippen molar-refractivity contribution >= 4 is 29.9 Å². The molecule has 0 fully saturated rings. The molecule has 0 saturated carbocycles. The maximum Gasteiger partial charge on any atom is 0.191 e. The number of nitrogens with one attached hydrogen (secondary N) is 2. The predicted octanol–water partition coefficient (Wildman–Crippen LogP) is 2.47. The summed E-state index contributed by atoms with van der Waals surface area (Å²) in [5, 5.41) is 11.0. The molecular formula is C17H29IN6O. The molecule has 0 aromatic carbocycles. The maximum absolute atomic E-state index is 5.66. The summed E-state index contributed by atoms with van der Waals surface area (Å²) in [6.07, 6.45) is 3.94. The highest BCUT2D eigenvalue weighted by Crippen LogP contribution is 2.17. The second-order valence-corrected chi connectivity index (χ2v) is 6.19. The molecule has 2 aromatic rings. The van der Waals surface area contributed by atoms with Gasteiger partial charge in [-0.3, -0.25) is 9.67 Å². The average molecular weight is 460 g/mol. The van der Waals surface area contributed by atoms with Gasteiger partial charge in [-0.15, -0.1) is 24.0 Å². The fraction of sp³-hybridized carbons (Fsp3) is 0.529. The molecule has 0 aliphatic rings. The number of aryl methyl sites for hydroxylation is 2. The smallest absolute Gasteiger partial charge is 0.191 e.